The van der Waals surface area contributed by atoms with Gasteiger partial charge in [0.25, 0.3) is 5.91 Å². The van der Waals surface area contributed by atoms with Crippen LogP contribution in [0.2, 0.25) is 0 Å². The van der Waals surface area contributed by atoms with E-state index in [9.17, 15) is 18.3 Å². The molecule has 3 heterocycles. The van der Waals surface area contributed by atoms with Gasteiger partial charge in [0.2, 0.25) is 21.8 Å². The standard InChI is InChI=1S/C17H29N7O4S/c1-4-12(5-2)24-10-13(25)19-14-15(24)21-17(18,22-16(14)26)20-11-6-8-23(9-7-11)29(3,27)28/h10-12,20,25H,4-9,18H2,1-3H3,(H,22,26). The first-order valence-electron chi connectivity index (χ1n) is 9.78. The monoisotopic (exact) mass is 427 g/mol. The Balaban J connectivity index is 1.82. The molecule has 0 aliphatic carbocycles. The molecule has 3 rings (SSSR count). The number of nitrogens with two attached hydrogens (primary N) is 1. The normalized spacial score (nSPS) is 26.6. The van der Waals surface area contributed by atoms with Crippen LogP contribution >= 0.6 is 0 Å². The van der Waals surface area contributed by atoms with E-state index in [0.29, 0.717) is 31.8 Å². The van der Waals surface area contributed by atoms with Gasteiger partial charge in [-0.2, -0.15) is 0 Å². The summed E-state index contributed by atoms with van der Waals surface area (Å²) < 4.78 is 24.8. The van der Waals surface area contributed by atoms with E-state index in [-0.39, 0.29) is 23.7 Å². The Bertz CT molecular complexity index is 857. The van der Waals surface area contributed by atoms with E-state index >= 15 is 0 Å². The number of sulfonamides is 1. The van der Waals surface area contributed by atoms with Crippen molar-refractivity contribution < 1.29 is 18.3 Å². The Labute approximate surface area is 170 Å². The van der Waals surface area contributed by atoms with Gasteiger partial charge in [-0.3, -0.25) is 15.8 Å². The zero-order chi connectivity index (χ0) is 21.4. The van der Waals surface area contributed by atoms with Crippen LogP contribution in [0.5, 0.6) is 0 Å². The van der Waals surface area contributed by atoms with Gasteiger partial charge >= 0.3 is 0 Å². The van der Waals surface area contributed by atoms with Gasteiger partial charge in [-0.25, -0.2) is 22.7 Å². The minimum atomic E-state index is -3.23. The Morgan fingerprint density at radius 2 is 2.00 bits per heavy atom. The Kier molecular flexibility index (Phi) is 5.99. The Hall–Kier alpha value is -2.02. The highest BCUT2D eigenvalue weighted by molar-refractivity contribution is 7.88. The molecule has 162 valence electrons. The molecule has 1 unspecified atom stereocenters. The predicted octanol–water partition coefficient (Wildman–Crippen LogP) is -0.600. The van der Waals surface area contributed by atoms with E-state index in [2.05, 4.69) is 20.6 Å². The van der Waals surface area contributed by atoms with Crippen LogP contribution in [0.1, 0.15) is 39.5 Å². The lowest BCUT2D eigenvalue weighted by atomic mass is 10.1. The molecular weight excluding hydrogens is 398 g/mol. The molecule has 1 fully saturated rings. The van der Waals surface area contributed by atoms with Gasteiger partial charge in [-0.05, 0) is 25.7 Å². The molecule has 29 heavy (non-hydrogen) atoms. The van der Waals surface area contributed by atoms with Crippen molar-refractivity contribution in [3.05, 3.63) is 12.1 Å². The summed E-state index contributed by atoms with van der Waals surface area (Å²) in [6, 6.07) is -0.0928. The average Bonchev–Trinajstić information content (AvgIpc) is 2.63. The van der Waals surface area contributed by atoms with E-state index in [1.807, 2.05) is 13.8 Å². The number of aliphatic imine (C=N–C) groups is 2. The number of nitrogens with zero attached hydrogens (tertiary/aromatic N) is 4. The molecule has 1 saturated heterocycles. The van der Waals surface area contributed by atoms with E-state index in [1.54, 1.807) is 4.90 Å². The summed E-state index contributed by atoms with van der Waals surface area (Å²) >= 11 is 0. The fourth-order valence-electron chi connectivity index (χ4n) is 3.86. The topological polar surface area (TPSA) is 153 Å². The number of rotatable bonds is 6. The molecule has 5 N–H and O–H groups in total. The van der Waals surface area contributed by atoms with Crippen molar-refractivity contribution in [1.82, 2.24) is 19.8 Å². The number of piperidine rings is 1. The summed E-state index contributed by atoms with van der Waals surface area (Å²) in [7, 11) is -3.23. The SMILES string of the molecule is CCC(CC)N1C=C(O)N=C2C(=O)NC(N)(NC3CCN(S(C)(=O)=O)CC3)N=C21. The predicted molar refractivity (Wildman–Crippen MR) is 109 cm³/mol. The van der Waals surface area contributed by atoms with Crippen molar-refractivity contribution in [3.8, 4) is 0 Å². The van der Waals surface area contributed by atoms with Gasteiger partial charge < -0.3 is 15.3 Å². The summed E-state index contributed by atoms with van der Waals surface area (Å²) in [5, 5.41) is 15.7. The van der Waals surface area contributed by atoms with Crippen molar-refractivity contribution in [2.24, 2.45) is 15.7 Å². The number of fused-ring (bicyclic) bond motifs is 1. The van der Waals surface area contributed by atoms with Crippen LogP contribution in [0.3, 0.4) is 0 Å². The first-order valence-corrected chi connectivity index (χ1v) is 11.6. The fourth-order valence-corrected chi connectivity index (χ4v) is 4.74. The lowest BCUT2D eigenvalue weighted by molar-refractivity contribution is -0.117. The number of amides is 1. The highest BCUT2D eigenvalue weighted by Crippen LogP contribution is 2.22. The van der Waals surface area contributed by atoms with E-state index in [4.69, 9.17) is 5.73 Å². The molecule has 12 heteroatoms. The van der Waals surface area contributed by atoms with Gasteiger partial charge in [0.15, 0.2) is 11.5 Å². The smallest absolute Gasteiger partial charge is 0.277 e. The molecule has 0 aromatic rings. The van der Waals surface area contributed by atoms with Gasteiger partial charge in [-0.15, -0.1) is 0 Å². The number of hydrogen-bond donors (Lipinski definition) is 4. The van der Waals surface area contributed by atoms with Crippen LogP contribution < -0.4 is 16.4 Å². The third-order valence-electron chi connectivity index (χ3n) is 5.42. The summed E-state index contributed by atoms with van der Waals surface area (Å²) in [6.07, 6.45) is 5.31. The molecule has 11 nitrogen and oxygen atoms in total. The van der Waals surface area contributed by atoms with Crippen molar-refractivity contribution >= 4 is 27.5 Å². The second-order valence-corrected chi connectivity index (χ2v) is 9.54. The molecule has 0 aromatic heterocycles. The maximum Gasteiger partial charge on any atom is 0.277 e. The van der Waals surface area contributed by atoms with Gasteiger partial charge in [0.1, 0.15) is 0 Å². The number of aliphatic hydroxyl groups is 1. The Morgan fingerprint density at radius 3 is 2.55 bits per heavy atom. The minimum Gasteiger partial charge on any atom is -0.492 e. The first-order chi connectivity index (χ1) is 13.6. The highest BCUT2D eigenvalue weighted by atomic mass is 32.2. The lowest BCUT2D eigenvalue weighted by Crippen LogP contribution is -2.72. The van der Waals surface area contributed by atoms with Crippen molar-refractivity contribution in [2.45, 2.75) is 57.5 Å². The molecule has 0 aromatic carbocycles. The van der Waals surface area contributed by atoms with Crippen molar-refractivity contribution in [1.29, 1.82) is 0 Å². The number of nitrogens with one attached hydrogen (secondary N) is 2. The van der Waals surface area contributed by atoms with Crippen molar-refractivity contribution in [3.63, 3.8) is 0 Å². The van der Waals surface area contributed by atoms with Gasteiger partial charge in [0.05, 0.1) is 12.5 Å². The zero-order valence-electron chi connectivity index (χ0n) is 16.9. The van der Waals surface area contributed by atoms with Crippen molar-refractivity contribution in [2.75, 3.05) is 19.3 Å². The molecule has 3 aliphatic heterocycles. The molecule has 0 saturated carbocycles. The number of amidine groups is 1. The zero-order valence-corrected chi connectivity index (χ0v) is 17.7. The number of carbonyl (C=O) groups excluding carboxylic acids is 1. The largest absolute Gasteiger partial charge is 0.492 e. The third-order valence-corrected chi connectivity index (χ3v) is 6.72. The fraction of sp³-hybridized carbons (Fsp3) is 0.706. The number of aliphatic hydroxyl groups excluding tert-OH is 1. The second-order valence-electron chi connectivity index (χ2n) is 7.56. The van der Waals surface area contributed by atoms with Gasteiger partial charge in [0, 0.05) is 25.2 Å². The molecule has 0 spiro atoms. The first kappa shape index (κ1) is 21.7. The second kappa shape index (κ2) is 8.01. The number of carbonyl (C=O) groups is 1. The molecule has 0 radical (unpaired) electrons. The van der Waals surface area contributed by atoms with E-state index in [1.165, 1.54) is 16.8 Å². The van der Waals surface area contributed by atoms with Crippen LogP contribution in [0, 0.1) is 0 Å². The number of hydrogen-bond acceptors (Lipinski definition) is 9. The molecule has 3 aliphatic rings. The average molecular weight is 428 g/mol. The maximum atomic E-state index is 12.7. The van der Waals surface area contributed by atoms with Crippen LogP contribution in [0.15, 0.2) is 22.1 Å². The maximum absolute atomic E-state index is 12.7. The quantitative estimate of drug-likeness (QED) is 0.413. The van der Waals surface area contributed by atoms with Crippen LogP contribution in [-0.2, 0) is 14.8 Å². The lowest BCUT2D eigenvalue weighted by Gasteiger charge is -2.41. The van der Waals surface area contributed by atoms with Gasteiger partial charge in [-0.1, -0.05) is 13.8 Å². The van der Waals surface area contributed by atoms with E-state index < -0.39 is 21.8 Å². The Morgan fingerprint density at radius 1 is 1.38 bits per heavy atom. The highest BCUT2D eigenvalue weighted by Gasteiger charge is 2.42. The third kappa shape index (κ3) is 4.60. The molecule has 0 bridgehead atoms. The van der Waals surface area contributed by atoms with Crippen LogP contribution in [0.25, 0.3) is 0 Å². The van der Waals surface area contributed by atoms with Crippen LogP contribution in [0.4, 0.5) is 0 Å². The van der Waals surface area contributed by atoms with Crippen LogP contribution in [-0.4, -0.2) is 77.5 Å². The summed E-state index contributed by atoms with van der Waals surface area (Å²) in [6.45, 7) is 4.77. The summed E-state index contributed by atoms with van der Waals surface area (Å²) in [5.41, 5.74) is 6.38. The summed E-state index contributed by atoms with van der Waals surface area (Å²) in [4.78, 5) is 22.9. The molecule has 1 amide bonds. The summed E-state index contributed by atoms with van der Waals surface area (Å²) in [5.74, 6) is -2.03. The molecular formula is C17H29N7O4S. The minimum absolute atomic E-state index is 0.0201. The van der Waals surface area contributed by atoms with E-state index in [0.717, 1.165) is 12.8 Å². The molecule has 1 atom stereocenters.